The van der Waals surface area contributed by atoms with E-state index < -0.39 is 51.4 Å². The van der Waals surface area contributed by atoms with Gasteiger partial charge in [-0.05, 0) is 56.6 Å². The summed E-state index contributed by atoms with van der Waals surface area (Å²) in [5.74, 6) is -2.37. The van der Waals surface area contributed by atoms with E-state index in [1.807, 2.05) is 7.05 Å². The van der Waals surface area contributed by atoms with Crippen molar-refractivity contribution >= 4 is 33.4 Å². The van der Waals surface area contributed by atoms with Gasteiger partial charge in [0.25, 0.3) is 5.91 Å². The molecule has 3 N–H and O–H groups in total. The number of nitrogens with zero attached hydrogens (tertiary/aromatic N) is 4. The molecule has 3 aromatic rings. The van der Waals surface area contributed by atoms with Gasteiger partial charge in [-0.25, -0.2) is 17.8 Å². The molecule has 1 aliphatic heterocycles. The highest BCUT2D eigenvalue weighted by Gasteiger charge is 2.41. The van der Waals surface area contributed by atoms with E-state index in [1.165, 1.54) is 20.2 Å². The molecule has 2 heterocycles. The molecule has 5 rings (SSSR count). The summed E-state index contributed by atoms with van der Waals surface area (Å²) >= 11 is 0. The normalized spacial score (nSPS) is 19.2. The van der Waals surface area contributed by atoms with Crippen LogP contribution in [0.3, 0.4) is 0 Å². The Morgan fingerprint density at radius 3 is 2.50 bits per heavy atom. The van der Waals surface area contributed by atoms with Gasteiger partial charge in [-0.2, -0.15) is 22.5 Å². The van der Waals surface area contributed by atoms with Crippen LogP contribution in [0, 0.1) is 5.82 Å². The first-order valence-corrected chi connectivity index (χ1v) is 16.4. The molecule has 0 bridgehead atoms. The first kappa shape index (κ1) is 33.3. The maximum Gasteiger partial charge on any atom is 0.421 e. The van der Waals surface area contributed by atoms with Crippen LogP contribution < -0.4 is 20.7 Å². The third-order valence-electron chi connectivity index (χ3n) is 8.36. The number of alkyl halides is 3. The highest BCUT2D eigenvalue weighted by molar-refractivity contribution is 7.88. The van der Waals surface area contributed by atoms with Crippen molar-refractivity contribution in [3.05, 3.63) is 70.7 Å². The monoisotopic (exact) mass is 665 g/mol. The smallest absolute Gasteiger partial charge is 0.421 e. The molecule has 248 valence electrons. The second-order valence-electron chi connectivity index (χ2n) is 11.5. The number of methoxy groups -OCH3 is 1. The number of carbonyl (C=O) groups is 1. The molecule has 1 fully saturated rings. The molecular formula is C30H35F4N7O4S. The van der Waals surface area contributed by atoms with Crippen LogP contribution in [0.2, 0.25) is 0 Å². The Hall–Kier alpha value is -4.02. The summed E-state index contributed by atoms with van der Waals surface area (Å²) in [5.41, 5.74) is -0.00660. The van der Waals surface area contributed by atoms with Gasteiger partial charge in [0.2, 0.25) is 16.0 Å². The number of hydrogen-bond donors (Lipinski definition) is 3. The van der Waals surface area contributed by atoms with Crippen LogP contribution in [0.25, 0.3) is 0 Å². The fourth-order valence-corrected chi connectivity index (χ4v) is 6.50. The minimum atomic E-state index is -4.85. The number of nitrogens with one attached hydrogen (secondary N) is 3. The molecule has 1 aliphatic carbocycles. The van der Waals surface area contributed by atoms with E-state index >= 15 is 4.39 Å². The van der Waals surface area contributed by atoms with Crippen molar-refractivity contribution in [2.45, 2.75) is 43.6 Å². The molecule has 46 heavy (non-hydrogen) atoms. The van der Waals surface area contributed by atoms with Gasteiger partial charge in [-0.1, -0.05) is 24.3 Å². The van der Waals surface area contributed by atoms with Gasteiger partial charge in [0, 0.05) is 25.4 Å². The van der Waals surface area contributed by atoms with Gasteiger partial charge >= 0.3 is 6.18 Å². The largest absolute Gasteiger partial charge is 0.495 e. The number of benzene rings is 2. The molecule has 0 saturated carbocycles. The third-order valence-corrected chi connectivity index (χ3v) is 9.63. The summed E-state index contributed by atoms with van der Waals surface area (Å²) < 4.78 is 89.0. The number of hydrogen-bond acceptors (Lipinski definition) is 9. The van der Waals surface area contributed by atoms with Gasteiger partial charge in [-0.15, -0.1) is 0 Å². The predicted octanol–water partition coefficient (Wildman–Crippen LogP) is 4.18. The van der Waals surface area contributed by atoms with E-state index in [2.05, 4.69) is 30.8 Å². The van der Waals surface area contributed by atoms with Crippen LogP contribution in [0.5, 0.6) is 5.75 Å². The lowest BCUT2D eigenvalue weighted by Gasteiger charge is -2.30. The van der Waals surface area contributed by atoms with Crippen molar-refractivity contribution in [3.8, 4) is 5.75 Å². The summed E-state index contributed by atoms with van der Waals surface area (Å²) in [5, 5.41) is 8.36. The van der Waals surface area contributed by atoms with Gasteiger partial charge in [0.15, 0.2) is 0 Å². The highest BCUT2D eigenvalue weighted by Crippen LogP contribution is 2.41. The average Bonchev–Trinajstić information content (AvgIpc) is 3.34. The van der Waals surface area contributed by atoms with Crippen molar-refractivity contribution in [3.63, 3.8) is 0 Å². The Labute approximate surface area is 264 Å². The second-order valence-corrected chi connectivity index (χ2v) is 13.6. The molecule has 0 radical (unpaired) electrons. The van der Waals surface area contributed by atoms with Crippen molar-refractivity contribution in [2.75, 3.05) is 51.2 Å². The lowest BCUT2D eigenvalue weighted by molar-refractivity contribution is -0.137. The summed E-state index contributed by atoms with van der Waals surface area (Å²) in [6.45, 7) is 1.60. The van der Waals surface area contributed by atoms with Crippen LogP contribution in [-0.2, 0) is 22.6 Å². The van der Waals surface area contributed by atoms with E-state index in [1.54, 1.807) is 24.3 Å². The molecule has 1 amide bonds. The molecule has 0 spiro atoms. The molecule has 0 unspecified atom stereocenters. The molecule has 11 nitrogen and oxygen atoms in total. The molecular weight excluding hydrogens is 630 g/mol. The van der Waals surface area contributed by atoms with Crippen LogP contribution in [0.1, 0.15) is 45.9 Å². The van der Waals surface area contributed by atoms with Crippen molar-refractivity contribution < 1.29 is 35.5 Å². The van der Waals surface area contributed by atoms with Gasteiger partial charge in [-0.3, -0.25) is 4.79 Å². The molecule has 2 aromatic carbocycles. The standard InChI is InChI=1S/C30H35F4N7O4S/c1-40-11-9-18(10-12-40)36-28(42)20-14-25(45-3)23(15-22(20)31)38-29-35-16-21(30(32,33)34)27(39-29)37-24-13-17-7-5-6-8-19(17)26(24)41(2)46(4,43)44/h5-8,14-16,18,24,26H,9-13H2,1-4H3,(H,36,42)(H2,35,37,38,39)/t24-,26-/m1/s1. The first-order valence-electron chi connectivity index (χ1n) is 14.5. The van der Waals surface area contributed by atoms with E-state index in [0.717, 1.165) is 48.1 Å². The number of rotatable bonds is 9. The fourth-order valence-electron chi connectivity index (χ4n) is 5.83. The number of amides is 1. The fraction of sp³-hybridized carbons (Fsp3) is 0.433. The zero-order valence-corrected chi connectivity index (χ0v) is 26.5. The van der Waals surface area contributed by atoms with Gasteiger partial charge in [0.1, 0.15) is 22.9 Å². The number of anilines is 3. The maximum absolute atomic E-state index is 15.2. The zero-order valence-electron chi connectivity index (χ0n) is 25.7. The number of fused-ring (bicyclic) bond motifs is 1. The molecule has 1 aromatic heterocycles. The minimum Gasteiger partial charge on any atom is -0.495 e. The number of sulfonamides is 1. The predicted molar refractivity (Wildman–Crippen MR) is 164 cm³/mol. The number of likely N-dealkylation sites (N-methyl/N-ethyl adjacent to an activating group) is 1. The molecule has 16 heteroatoms. The molecule has 1 saturated heterocycles. The maximum atomic E-state index is 15.2. The average molecular weight is 666 g/mol. The number of ether oxygens (including phenoxy) is 1. The SMILES string of the molecule is COc1cc(C(=O)NC2CCN(C)CC2)c(F)cc1Nc1ncc(C(F)(F)F)c(N[C@@H]2Cc3ccccc3[C@H]2N(C)S(C)(=O)=O)n1. The van der Waals surface area contributed by atoms with Gasteiger partial charge in [0.05, 0.1) is 36.7 Å². The Morgan fingerprint density at radius 1 is 1.15 bits per heavy atom. The Morgan fingerprint density at radius 2 is 1.85 bits per heavy atom. The quantitative estimate of drug-likeness (QED) is 0.289. The second kappa shape index (κ2) is 13.0. The number of aromatic nitrogens is 2. The Bertz CT molecular complexity index is 1720. The number of likely N-dealkylation sites (tertiary alicyclic amines) is 1. The number of carbonyl (C=O) groups excluding carboxylic acids is 1. The van der Waals surface area contributed by atoms with E-state index in [9.17, 15) is 26.4 Å². The zero-order chi connectivity index (χ0) is 33.4. The summed E-state index contributed by atoms with van der Waals surface area (Å²) in [4.78, 5) is 22.9. The van der Waals surface area contributed by atoms with Crippen LogP contribution in [0.4, 0.5) is 35.0 Å². The summed E-state index contributed by atoms with van der Waals surface area (Å²) in [7, 11) is 0.922. The van der Waals surface area contributed by atoms with E-state index in [0.29, 0.717) is 11.8 Å². The molecule has 2 atom stereocenters. The van der Waals surface area contributed by atoms with Crippen molar-refractivity contribution in [1.29, 1.82) is 0 Å². The first-order chi connectivity index (χ1) is 21.7. The van der Waals surface area contributed by atoms with Crippen molar-refractivity contribution in [2.24, 2.45) is 0 Å². The van der Waals surface area contributed by atoms with Gasteiger partial charge < -0.3 is 25.6 Å². The Kier molecular flexibility index (Phi) is 9.42. The minimum absolute atomic E-state index is 0.0236. The van der Waals surface area contributed by atoms with Crippen molar-refractivity contribution in [1.82, 2.24) is 24.5 Å². The summed E-state index contributed by atoms with van der Waals surface area (Å²) in [6.07, 6.45) is -1.57. The van der Waals surface area contributed by atoms with Crippen LogP contribution >= 0.6 is 0 Å². The third kappa shape index (κ3) is 7.18. The summed E-state index contributed by atoms with van der Waals surface area (Å²) in [6, 6.07) is 7.47. The lowest BCUT2D eigenvalue weighted by atomic mass is 10.0. The van der Waals surface area contributed by atoms with Crippen LogP contribution in [-0.4, -0.2) is 86.1 Å². The number of piperidine rings is 1. The number of halogens is 4. The Balaban J connectivity index is 1.43. The topological polar surface area (TPSA) is 129 Å². The highest BCUT2D eigenvalue weighted by atomic mass is 32.2. The van der Waals surface area contributed by atoms with E-state index in [4.69, 9.17) is 4.74 Å². The van der Waals surface area contributed by atoms with E-state index in [-0.39, 0.29) is 35.4 Å². The lowest BCUT2D eigenvalue weighted by Crippen LogP contribution is -2.43. The van der Waals surface area contributed by atoms with Crippen LogP contribution in [0.15, 0.2) is 42.6 Å². The molecule has 2 aliphatic rings.